The van der Waals surface area contributed by atoms with E-state index in [9.17, 15) is 4.79 Å². The van der Waals surface area contributed by atoms with Gasteiger partial charge in [0.1, 0.15) is 0 Å². The maximum Gasteiger partial charge on any atom is 0.363 e. The van der Waals surface area contributed by atoms with Gasteiger partial charge in [-0.1, -0.05) is 36.4 Å². The van der Waals surface area contributed by atoms with Crippen molar-refractivity contribution in [3.8, 4) is 17.2 Å². The van der Waals surface area contributed by atoms with Gasteiger partial charge >= 0.3 is 5.97 Å². The number of methoxy groups -OCH3 is 3. The number of benzene rings is 3. The van der Waals surface area contributed by atoms with Crippen molar-refractivity contribution in [2.45, 2.75) is 0 Å². The molecule has 0 unspecified atom stereocenters. The van der Waals surface area contributed by atoms with Crippen molar-refractivity contribution in [1.29, 1.82) is 0 Å². The Labute approximate surface area is 168 Å². The highest BCUT2D eigenvalue weighted by Gasteiger charge is 2.25. The van der Waals surface area contributed by atoms with E-state index in [0.29, 0.717) is 22.8 Å². The fourth-order valence-corrected chi connectivity index (χ4v) is 3.28. The molecule has 6 heteroatoms. The van der Waals surface area contributed by atoms with Crippen LogP contribution in [0.15, 0.2) is 65.3 Å². The van der Waals surface area contributed by atoms with Crippen LogP contribution in [0, 0.1) is 0 Å². The first-order valence-electron chi connectivity index (χ1n) is 8.95. The molecule has 3 aromatic rings. The third-order valence-corrected chi connectivity index (χ3v) is 4.63. The SMILES string of the molecule is COc1cc(/C=C2/N=C(c3cccc4ccccc34)OC2=O)cc(OC)c1OC. The van der Waals surface area contributed by atoms with Gasteiger partial charge in [-0.15, -0.1) is 0 Å². The Bertz CT molecular complexity index is 1130. The number of esters is 1. The maximum atomic E-state index is 12.4. The van der Waals surface area contributed by atoms with Crippen LogP contribution in [0.25, 0.3) is 16.8 Å². The first-order chi connectivity index (χ1) is 14.1. The molecule has 6 nitrogen and oxygen atoms in total. The van der Waals surface area contributed by atoms with Gasteiger partial charge in [-0.2, -0.15) is 0 Å². The summed E-state index contributed by atoms with van der Waals surface area (Å²) in [6.45, 7) is 0. The fourth-order valence-electron chi connectivity index (χ4n) is 3.28. The lowest BCUT2D eigenvalue weighted by molar-refractivity contribution is -0.129. The molecule has 1 aliphatic heterocycles. The Morgan fingerprint density at radius 3 is 2.28 bits per heavy atom. The second-order valence-corrected chi connectivity index (χ2v) is 6.32. The minimum absolute atomic E-state index is 0.196. The van der Waals surface area contributed by atoms with Crippen molar-refractivity contribution in [2.24, 2.45) is 4.99 Å². The Morgan fingerprint density at radius 1 is 0.897 bits per heavy atom. The summed E-state index contributed by atoms with van der Waals surface area (Å²) < 4.78 is 21.5. The van der Waals surface area contributed by atoms with Gasteiger partial charge in [0.25, 0.3) is 0 Å². The van der Waals surface area contributed by atoms with E-state index in [1.165, 1.54) is 21.3 Å². The highest BCUT2D eigenvalue weighted by atomic mass is 16.6. The molecule has 0 spiro atoms. The van der Waals surface area contributed by atoms with Crippen LogP contribution in [0.3, 0.4) is 0 Å². The molecule has 0 atom stereocenters. The fraction of sp³-hybridized carbons (Fsp3) is 0.130. The summed E-state index contributed by atoms with van der Waals surface area (Å²) in [7, 11) is 4.61. The van der Waals surface area contributed by atoms with Crippen LogP contribution in [-0.4, -0.2) is 33.2 Å². The average molecular weight is 389 g/mol. The van der Waals surface area contributed by atoms with Gasteiger partial charge in [0, 0.05) is 5.56 Å². The van der Waals surface area contributed by atoms with Gasteiger partial charge in [-0.3, -0.25) is 0 Å². The normalized spacial score (nSPS) is 14.7. The number of cyclic esters (lactones) is 1. The molecule has 0 aliphatic carbocycles. The molecule has 0 aromatic heterocycles. The van der Waals surface area contributed by atoms with Crippen LogP contribution in [0.1, 0.15) is 11.1 Å². The third kappa shape index (κ3) is 3.40. The smallest absolute Gasteiger partial charge is 0.363 e. The monoisotopic (exact) mass is 389 g/mol. The van der Waals surface area contributed by atoms with E-state index in [1.54, 1.807) is 18.2 Å². The van der Waals surface area contributed by atoms with Crippen LogP contribution in [-0.2, 0) is 9.53 Å². The number of nitrogens with zero attached hydrogens (tertiary/aromatic N) is 1. The molecule has 4 rings (SSSR count). The van der Waals surface area contributed by atoms with Crippen LogP contribution in [0.5, 0.6) is 17.2 Å². The van der Waals surface area contributed by atoms with Crippen LogP contribution >= 0.6 is 0 Å². The largest absolute Gasteiger partial charge is 0.493 e. The summed E-state index contributed by atoms with van der Waals surface area (Å²) in [5, 5.41) is 2.02. The minimum Gasteiger partial charge on any atom is -0.493 e. The summed E-state index contributed by atoms with van der Waals surface area (Å²) in [4.78, 5) is 16.9. The van der Waals surface area contributed by atoms with E-state index >= 15 is 0 Å². The van der Waals surface area contributed by atoms with Crippen LogP contribution < -0.4 is 14.2 Å². The summed E-state index contributed by atoms with van der Waals surface area (Å²) in [5.41, 5.74) is 1.64. The molecule has 0 saturated carbocycles. The minimum atomic E-state index is -0.512. The first-order valence-corrected chi connectivity index (χ1v) is 8.95. The second kappa shape index (κ2) is 7.67. The van der Waals surface area contributed by atoms with Crippen molar-refractivity contribution in [3.05, 3.63) is 71.4 Å². The van der Waals surface area contributed by atoms with E-state index in [4.69, 9.17) is 18.9 Å². The number of ether oxygens (including phenoxy) is 4. The number of hydrogen-bond donors (Lipinski definition) is 0. The van der Waals surface area contributed by atoms with Crippen molar-refractivity contribution in [1.82, 2.24) is 0 Å². The van der Waals surface area contributed by atoms with E-state index in [1.807, 2.05) is 42.5 Å². The molecule has 29 heavy (non-hydrogen) atoms. The molecular formula is C23H19NO5. The van der Waals surface area contributed by atoms with Crippen LogP contribution in [0.4, 0.5) is 0 Å². The highest BCUT2D eigenvalue weighted by Crippen LogP contribution is 2.39. The van der Waals surface area contributed by atoms with E-state index in [-0.39, 0.29) is 11.6 Å². The van der Waals surface area contributed by atoms with Gasteiger partial charge in [0.2, 0.25) is 11.6 Å². The molecule has 0 bridgehead atoms. The number of hydrogen-bond acceptors (Lipinski definition) is 6. The van der Waals surface area contributed by atoms with Gasteiger partial charge < -0.3 is 18.9 Å². The molecular weight excluding hydrogens is 370 g/mol. The second-order valence-electron chi connectivity index (χ2n) is 6.32. The third-order valence-electron chi connectivity index (χ3n) is 4.63. The van der Waals surface area contributed by atoms with Gasteiger partial charge in [-0.05, 0) is 40.6 Å². The van der Waals surface area contributed by atoms with Crippen LogP contribution in [0.2, 0.25) is 0 Å². The van der Waals surface area contributed by atoms with E-state index in [0.717, 1.165) is 16.3 Å². The zero-order chi connectivity index (χ0) is 20.4. The molecule has 0 N–H and O–H groups in total. The Kier molecular flexibility index (Phi) is 4.91. The number of carbonyl (C=O) groups excluding carboxylic acids is 1. The van der Waals surface area contributed by atoms with E-state index < -0.39 is 5.97 Å². The summed E-state index contributed by atoms with van der Waals surface area (Å²) in [6.07, 6.45) is 1.63. The Balaban J connectivity index is 1.77. The van der Waals surface area contributed by atoms with E-state index in [2.05, 4.69) is 4.99 Å². The average Bonchev–Trinajstić information content (AvgIpc) is 3.12. The topological polar surface area (TPSA) is 66.4 Å². The number of rotatable bonds is 5. The van der Waals surface area contributed by atoms with Crippen molar-refractivity contribution >= 4 is 28.7 Å². The zero-order valence-electron chi connectivity index (χ0n) is 16.3. The molecule has 0 amide bonds. The van der Waals surface area contributed by atoms with Crippen molar-refractivity contribution < 1.29 is 23.7 Å². The molecule has 0 fully saturated rings. The summed E-state index contributed by atoms with van der Waals surface area (Å²) in [6, 6.07) is 17.2. The standard InChI is InChI=1S/C23H19NO5/c1-26-19-12-14(13-20(27-2)21(19)28-3)11-18-23(25)29-22(24-18)17-10-6-8-15-7-4-5-9-16(15)17/h4-13H,1-3H3/b18-11+. The van der Waals surface area contributed by atoms with Gasteiger partial charge in [0.05, 0.1) is 21.3 Å². The summed E-state index contributed by atoms with van der Waals surface area (Å²) >= 11 is 0. The maximum absolute atomic E-state index is 12.4. The highest BCUT2D eigenvalue weighted by molar-refractivity contribution is 6.17. The lowest BCUT2D eigenvalue weighted by atomic mass is 10.0. The number of carbonyl (C=O) groups is 1. The molecule has 0 radical (unpaired) electrons. The Morgan fingerprint density at radius 2 is 1.59 bits per heavy atom. The molecule has 0 saturated heterocycles. The predicted molar refractivity (Wildman–Crippen MR) is 111 cm³/mol. The molecule has 146 valence electrons. The van der Waals surface area contributed by atoms with Gasteiger partial charge in [0.15, 0.2) is 17.2 Å². The summed E-state index contributed by atoms with van der Waals surface area (Å²) in [5.74, 6) is 1.23. The lowest BCUT2D eigenvalue weighted by Gasteiger charge is -2.12. The van der Waals surface area contributed by atoms with Crippen molar-refractivity contribution in [3.63, 3.8) is 0 Å². The Hall–Kier alpha value is -3.80. The molecule has 1 heterocycles. The predicted octanol–water partition coefficient (Wildman–Crippen LogP) is 4.21. The molecule has 3 aromatic carbocycles. The quantitative estimate of drug-likeness (QED) is 0.483. The number of fused-ring (bicyclic) bond motifs is 1. The first kappa shape index (κ1) is 18.6. The van der Waals surface area contributed by atoms with Crippen molar-refractivity contribution in [2.75, 3.05) is 21.3 Å². The van der Waals surface area contributed by atoms with Gasteiger partial charge in [-0.25, -0.2) is 9.79 Å². The zero-order valence-corrected chi connectivity index (χ0v) is 16.3. The number of aliphatic imine (C=N–C) groups is 1. The lowest BCUT2D eigenvalue weighted by Crippen LogP contribution is -2.05. The molecule has 1 aliphatic rings.